The molecule has 0 spiro atoms. The molecular weight excluding hydrogens is 164 g/mol. The lowest BCUT2D eigenvalue weighted by molar-refractivity contribution is 0.0988. The number of hydrogen-bond acceptors (Lipinski definition) is 2. The predicted molar refractivity (Wildman–Crippen MR) is 51.7 cm³/mol. The van der Waals surface area contributed by atoms with Crippen LogP contribution in [0.25, 0.3) is 0 Å². The van der Waals surface area contributed by atoms with Gasteiger partial charge in [0, 0.05) is 19.2 Å². The van der Waals surface area contributed by atoms with E-state index in [-0.39, 0.29) is 5.78 Å². The molecule has 0 saturated carbocycles. The predicted octanol–water partition coefficient (Wildman–Crippen LogP) is 2.13. The molecule has 3 heteroatoms. The molecular formula is C10H16N2O. The number of Topliss-reactive ketones (excluding diaryl/α,β-unsaturated/α-hetero) is 1. The molecule has 1 heterocycles. The number of ketones is 1. The highest BCUT2D eigenvalue weighted by Gasteiger charge is 2.06. The minimum absolute atomic E-state index is 0.162. The van der Waals surface area contributed by atoms with Gasteiger partial charge in [-0.15, -0.1) is 0 Å². The van der Waals surface area contributed by atoms with Crippen LogP contribution in [0.5, 0.6) is 0 Å². The third kappa shape index (κ3) is 2.68. The van der Waals surface area contributed by atoms with Crippen molar-refractivity contribution in [1.82, 2.24) is 9.78 Å². The molecule has 1 rings (SSSR count). The molecule has 0 N–H and O–H groups in total. The van der Waals surface area contributed by atoms with E-state index in [0.29, 0.717) is 12.3 Å². The van der Waals surface area contributed by atoms with Gasteiger partial charge in [-0.1, -0.05) is 20.8 Å². The molecule has 0 atom stereocenters. The van der Waals surface area contributed by atoms with Crippen LogP contribution in [0.1, 0.15) is 37.6 Å². The Hall–Kier alpha value is -1.12. The van der Waals surface area contributed by atoms with Gasteiger partial charge in [-0.2, -0.15) is 5.10 Å². The van der Waals surface area contributed by atoms with E-state index in [2.05, 4.69) is 18.9 Å². The average molecular weight is 180 g/mol. The zero-order valence-corrected chi connectivity index (χ0v) is 8.45. The Balaban J connectivity index is 2.69. The van der Waals surface area contributed by atoms with Crippen LogP contribution in [0, 0.1) is 5.92 Å². The summed E-state index contributed by atoms with van der Waals surface area (Å²) < 4.78 is 1.83. The second-order valence-corrected chi connectivity index (χ2v) is 3.62. The highest BCUT2D eigenvalue weighted by Crippen LogP contribution is 2.04. The van der Waals surface area contributed by atoms with Gasteiger partial charge in [-0.3, -0.25) is 9.48 Å². The molecule has 0 unspecified atom stereocenters. The fourth-order valence-corrected chi connectivity index (χ4v) is 1.19. The van der Waals surface area contributed by atoms with Crippen molar-refractivity contribution in [3.05, 3.63) is 18.0 Å². The normalized spacial score (nSPS) is 10.8. The summed E-state index contributed by atoms with van der Waals surface area (Å²) >= 11 is 0. The summed E-state index contributed by atoms with van der Waals surface area (Å²) in [5.74, 6) is 0.722. The number of rotatable bonds is 4. The molecule has 3 nitrogen and oxygen atoms in total. The van der Waals surface area contributed by atoms with Crippen molar-refractivity contribution in [2.75, 3.05) is 0 Å². The SMILES string of the molecule is CCC(=O)c1cnn(CC(C)C)c1. The van der Waals surface area contributed by atoms with Gasteiger partial charge in [-0.25, -0.2) is 0 Å². The lowest BCUT2D eigenvalue weighted by Crippen LogP contribution is -2.04. The lowest BCUT2D eigenvalue weighted by Gasteiger charge is -2.02. The third-order valence-corrected chi connectivity index (χ3v) is 1.83. The van der Waals surface area contributed by atoms with Crippen LogP contribution >= 0.6 is 0 Å². The van der Waals surface area contributed by atoms with Crippen LogP contribution in [0.4, 0.5) is 0 Å². The number of hydrogen-bond donors (Lipinski definition) is 0. The molecule has 0 bridgehead atoms. The van der Waals surface area contributed by atoms with Crippen molar-refractivity contribution in [1.29, 1.82) is 0 Å². The van der Waals surface area contributed by atoms with Gasteiger partial charge in [-0.05, 0) is 5.92 Å². The molecule has 0 saturated heterocycles. The minimum atomic E-state index is 0.162. The van der Waals surface area contributed by atoms with Gasteiger partial charge < -0.3 is 0 Å². The van der Waals surface area contributed by atoms with Gasteiger partial charge in [0.25, 0.3) is 0 Å². The van der Waals surface area contributed by atoms with Gasteiger partial charge in [0.15, 0.2) is 5.78 Å². The van der Waals surface area contributed by atoms with Crippen LogP contribution in [0.2, 0.25) is 0 Å². The average Bonchev–Trinajstić information content (AvgIpc) is 2.50. The summed E-state index contributed by atoms with van der Waals surface area (Å²) in [6, 6.07) is 0. The topological polar surface area (TPSA) is 34.9 Å². The first-order valence-electron chi connectivity index (χ1n) is 4.69. The second kappa shape index (κ2) is 4.21. The molecule has 1 aromatic rings. The van der Waals surface area contributed by atoms with Crippen LogP contribution in [0.15, 0.2) is 12.4 Å². The molecule has 0 aromatic carbocycles. The highest BCUT2D eigenvalue weighted by molar-refractivity contribution is 5.95. The summed E-state index contributed by atoms with van der Waals surface area (Å²) in [6.07, 6.45) is 4.02. The van der Waals surface area contributed by atoms with E-state index in [9.17, 15) is 4.79 Å². The van der Waals surface area contributed by atoms with Crippen molar-refractivity contribution >= 4 is 5.78 Å². The minimum Gasteiger partial charge on any atom is -0.294 e. The number of aromatic nitrogens is 2. The largest absolute Gasteiger partial charge is 0.294 e. The number of nitrogens with zero attached hydrogens (tertiary/aromatic N) is 2. The summed E-state index contributed by atoms with van der Waals surface area (Å²) in [7, 11) is 0. The van der Waals surface area contributed by atoms with Crippen LogP contribution in [-0.4, -0.2) is 15.6 Å². The van der Waals surface area contributed by atoms with Crippen LogP contribution < -0.4 is 0 Å². The summed E-state index contributed by atoms with van der Waals surface area (Å²) in [6.45, 7) is 6.99. The van der Waals surface area contributed by atoms with Crippen LogP contribution in [-0.2, 0) is 6.54 Å². The number of carbonyl (C=O) groups is 1. The van der Waals surface area contributed by atoms with E-state index in [4.69, 9.17) is 0 Å². The first-order chi connectivity index (χ1) is 6.13. The molecule has 0 aliphatic carbocycles. The first-order valence-corrected chi connectivity index (χ1v) is 4.69. The van der Waals surface area contributed by atoms with Gasteiger partial charge in [0.05, 0.1) is 11.8 Å². The maximum absolute atomic E-state index is 11.3. The third-order valence-electron chi connectivity index (χ3n) is 1.83. The maximum atomic E-state index is 11.3. The number of carbonyl (C=O) groups excluding carboxylic acids is 1. The van der Waals surface area contributed by atoms with Crippen molar-refractivity contribution in [3.8, 4) is 0 Å². The smallest absolute Gasteiger partial charge is 0.165 e. The summed E-state index contributed by atoms with van der Waals surface area (Å²) in [5.41, 5.74) is 0.725. The van der Waals surface area contributed by atoms with Gasteiger partial charge in [0.1, 0.15) is 0 Å². The van der Waals surface area contributed by atoms with Gasteiger partial charge in [0.2, 0.25) is 0 Å². The standard InChI is InChI=1S/C10H16N2O/c1-4-10(13)9-5-11-12(7-9)6-8(2)3/h5,7-8H,4,6H2,1-3H3. The van der Waals surface area contributed by atoms with E-state index in [1.54, 1.807) is 6.20 Å². The Morgan fingerprint density at radius 1 is 1.62 bits per heavy atom. The first kappa shape index (κ1) is 9.96. The highest BCUT2D eigenvalue weighted by atomic mass is 16.1. The zero-order chi connectivity index (χ0) is 9.84. The molecule has 72 valence electrons. The Labute approximate surface area is 78.8 Å². The van der Waals surface area contributed by atoms with Crippen molar-refractivity contribution in [3.63, 3.8) is 0 Å². The van der Waals surface area contributed by atoms with Crippen molar-refractivity contribution in [2.45, 2.75) is 33.7 Å². The molecule has 0 aliphatic heterocycles. The molecule has 0 amide bonds. The quantitative estimate of drug-likeness (QED) is 0.665. The Bertz CT molecular complexity index is 289. The summed E-state index contributed by atoms with van der Waals surface area (Å²) in [4.78, 5) is 11.3. The van der Waals surface area contributed by atoms with E-state index in [0.717, 1.165) is 12.1 Å². The van der Waals surface area contributed by atoms with Gasteiger partial charge >= 0.3 is 0 Å². The van der Waals surface area contributed by atoms with Crippen molar-refractivity contribution in [2.24, 2.45) is 5.92 Å². The van der Waals surface area contributed by atoms with Crippen LogP contribution in [0.3, 0.4) is 0 Å². The molecule has 1 aromatic heterocycles. The van der Waals surface area contributed by atoms with E-state index in [1.807, 2.05) is 17.8 Å². The Morgan fingerprint density at radius 3 is 2.85 bits per heavy atom. The second-order valence-electron chi connectivity index (χ2n) is 3.62. The molecule has 0 fully saturated rings. The summed E-state index contributed by atoms with van der Waals surface area (Å²) in [5, 5.41) is 4.12. The van der Waals surface area contributed by atoms with E-state index < -0.39 is 0 Å². The van der Waals surface area contributed by atoms with E-state index in [1.165, 1.54) is 0 Å². The van der Waals surface area contributed by atoms with E-state index >= 15 is 0 Å². The monoisotopic (exact) mass is 180 g/mol. The zero-order valence-electron chi connectivity index (χ0n) is 8.45. The Morgan fingerprint density at radius 2 is 2.31 bits per heavy atom. The molecule has 0 aliphatic rings. The Kier molecular flexibility index (Phi) is 3.23. The molecule has 13 heavy (non-hydrogen) atoms. The fraction of sp³-hybridized carbons (Fsp3) is 0.600. The van der Waals surface area contributed by atoms with Crippen molar-refractivity contribution < 1.29 is 4.79 Å². The fourth-order valence-electron chi connectivity index (χ4n) is 1.19. The lowest BCUT2D eigenvalue weighted by atomic mass is 10.2. The maximum Gasteiger partial charge on any atom is 0.165 e. The molecule has 0 radical (unpaired) electrons.